The molecular weight excluding hydrogens is 328 g/mol. The summed E-state index contributed by atoms with van der Waals surface area (Å²) in [5, 5.41) is 5.09. The first-order valence-electron chi connectivity index (χ1n) is 9.21. The number of hydrogen-bond donors (Lipinski definition) is 2. The fourth-order valence-corrected chi connectivity index (χ4v) is 3.16. The van der Waals surface area contributed by atoms with Crippen LogP contribution < -0.4 is 20.1 Å². The van der Waals surface area contributed by atoms with Crippen LogP contribution >= 0.6 is 0 Å². The number of amides is 1. The van der Waals surface area contributed by atoms with E-state index in [0.29, 0.717) is 6.61 Å². The summed E-state index contributed by atoms with van der Waals surface area (Å²) in [6, 6.07) is 16.0. The van der Waals surface area contributed by atoms with E-state index in [9.17, 15) is 4.79 Å². The molecule has 0 radical (unpaired) electrons. The zero-order valence-corrected chi connectivity index (χ0v) is 15.2. The molecule has 3 rings (SSSR count). The molecular formula is C21H27N2O3+. The van der Waals surface area contributed by atoms with E-state index >= 15 is 0 Å². The first-order valence-corrected chi connectivity index (χ1v) is 9.21. The number of benzene rings is 2. The van der Waals surface area contributed by atoms with E-state index in [1.807, 2.05) is 48.5 Å². The van der Waals surface area contributed by atoms with Crippen LogP contribution in [0.15, 0.2) is 48.5 Å². The van der Waals surface area contributed by atoms with Crippen molar-refractivity contribution in [3.8, 4) is 11.5 Å². The van der Waals surface area contributed by atoms with Crippen LogP contribution in [0.4, 0.5) is 0 Å². The molecule has 3 N–H and O–H groups in total. The summed E-state index contributed by atoms with van der Waals surface area (Å²) in [5.74, 6) is 1.60. The van der Waals surface area contributed by atoms with Crippen molar-refractivity contribution in [2.45, 2.75) is 38.5 Å². The topological polar surface area (TPSA) is 64.2 Å². The second-order valence-corrected chi connectivity index (χ2v) is 6.59. The third kappa shape index (κ3) is 4.99. The number of carbonyl (C=O) groups is 1. The molecule has 1 aliphatic heterocycles. The van der Waals surface area contributed by atoms with Crippen LogP contribution in [0.1, 0.15) is 30.4 Å². The predicted molar refractivity (Wildman–Crippen MR) is 100 cm³/mol. The van der Waals surface area contributed by atoms with Crippen LogP contribution in [-0.2, 0) is 17.9 Å². The number of methoxy groups -OCH3 is 1. The van der Waals surface area contributed by atoms with Gasteiger partial charge in [-0.3, -0.25) is 4.79 Å². The Kier molecular flexibility index (Phi) is 6.50. The smallest absolute Gasteiger partial charge is 0.278 e. The van der Waals surface area contributed by atoms with Crippen LogP contribution in [0.2, 0.25) is 0 Å². The molecule has 26 heavy (non-hydrogen) atoms. The van der Waals surface area contributed by atoms with Crippen molar-refractivity contribution >= 4 is 5.91 Å². The van der Waals surface area contributed by atoms with Gasteiger partial charge in [0.1, 0.15) is 13.2 Å². The lowest BCUT2D eigenvalue weighted by Gasteiger charge is -2.14. The number of ether oxygens (including phenoxy) is 2. The second kappa shape index (κ2) is 9.25. The molecule has 138 valence electrons. The highest BCUT2D eigenvalue weighted by Gasteiger charge is 2.23. The van der Waals surface area contributed by atoms with Crippen LogP contribution in [-0.4, -0.2) is 25.6 Å². The maximum atomic E-state index is 12.0. The quantitative estimate of drug-likeness (QED) is 0.799. The standard InChI is InChI=1S/C21H26N2O3/c1-25-20-13-17(14-23-18-9-5-6-12-22-21(18)24)10-11-19(20)26-15-16-7-3-2-4-8-16/h2-4,7-8,10-11,13,18,23H,5-6,9,12,14-15H2,1H3,(H,22,24)/p+1/t18-/m0/s1. The number of rotatable bonds is 7. The van der Waals surface area contributed by atoms with Gasteiger partial charge in [0.15, 0.2) is 17.5 Å². The van der Waals surface area contributed by atoms with E-state index in [0.717, 1.165) is 55.0 Å². The number of nitrogens with two attached hydrogens (primary N) is 1. The summed E-state index contributed by atoms with van der Waals surface area (Å²) in [6.07, 6.45) is 3.09. The van der Waals surface area contributed by atoms with Crippen molar-refractivity contribution < 1.29 is 19.6 Å². The normalized spacial score (nSPS) is 17.3. The number of hydrogen-bond acceptors (Lipinski definition) is 3. The fraction of sp³-hybridized carbons (Fsp3) is 0.381. The molecule has 1 heterocycles. The second-order valence-electron chi connectivity index (χ2n) is 6.59. The molecule has 5 heteroatoms. The van der Waals surface area contributed by atoms with Gasteiger partial charge >= 0.3 is 0 Å². The van der Waals surface area contributed by atoms with Crippen LogP contribution in [0.25, 0.3) is 0 Å². The first kappa shape index (κ1) is 18.3. The van der Waals surface area contributed by atoms with Crippen molar-refractivity contribution in [3.05, 3.63) is 59.7 Å². The van der Waals surface area contributed by atoms with Gasteiger partial charge < -0.3 is 20.1 Å². The van der Waals surface area contributed by atoms with Crippen LogP contribution in [0, 0.1) is 0 Å². The van der Waals surface area contributed by atoms with E-state index in [-0.39, 0.29) is 11.9 Å². The molecule has 1 saturated heterocycles. The van der Waals surface area contributed by atoms with Crippen molar-refractivity contribution in [2.75, 3.05) is 13.7 Å². The molecule has 1 fully saturated rings. The molecule has 0 saturated carbocycles. The van der Waals surface area contributed by atoms with Gasteiger partial charge in [-0.25, -0.2) is 0 Å². The van der Waals surface area contributed by atoms with Gasteiger partial charge in [-0.05, 0) is 36.6 Å². The summed E-state index contributed by atoms with van der Waals surface area (Å²) >= 11 is 0. The van der Waals surface area contributed by atoms with Gasteiger partial charge in [0, 0.05) is 18.5 Å². The highest BCUT2D eigenvalue weighted by atomic mass is 16.5. The lowest BCUT2D eigenvalue weighted by molar-refractivity contribution is -0.692. The summed E-state index contributed by atoms with van der Waals surface area (Å²) in [5.41, 5.74) is 2.23. The Bertz CT molecular complexity index is 718. The third-order valence-electron chi connectivity index (χ3n) is 4.68. The van der Waals surface area contributed by atoms with Gasteiger partial charge in [-0.1, -0.05) is 30.3 Å². The molecule has 0 bridgehead atoms. The SMILES string of the molecule is COc1cc(C[NH2+][C@H]2CCCCNC2=O)ccc1OCc1ccccc1. The fourth-order valence-electron chi connectivity index (χ4n) is 3.16. The summed E-state index contributed by atoms with van der Waals surface area (Å²) in [4.78, 5) is 12.0. The maximum Gasteiger partial charge on any atom is 0.278 e. The van der Waals surface area contributed by atoms with Crippen molar-refractivity contribution in [3.63, 3.8) is 0 Å². The molecule has 2 aromatic rings. The Morgan fingerprint density at radius 2 is 1.92 bits per heavy atom. The summed E-state index contributed by atoms with van der Waals surface area (Å²) < 4.78 is 11.4. The average molecular weight is 355 g/mol. The Morgan fingerprint density at radius 1 is 1.08 bits per heavy atom. The molecule has 1 aliphatic rings. The van der Waals surface area contributed by atoms with Gasteiger partial charge in [0.05, 0.1) is 7.11 Å². The van der Waals surface area contributed by atoms with E-state index in [4.69, 9.17) is 9.47 Å². The highest BCUT2D eigenvalue weighted by molar-refractivity contribution is 5.80. The average Bonchev–Trinajstić information content (AvgIpc) is 2.89. The third-order valence-corrected chi connectivity index (χ3v) is 4.68. The number of nitrogens with one attached hydrogen (secondary N) is 1. The minimum Gasteiger partial charge on any atom is -0.493 e. The van der Waals surface area contributed by atoms with Gasteiger partial charge in [0.25, 0.3) is 5.91 Å². The number of carbonyl (C=O) groups excluding carboxylic acids is 1. The first-order chi connectivity index (χ1) is 12.8. The zero-order chi connectivity index (χ0) is 18.2. The Balaban J connectivity index is 1.59. The Labute approximate surface area is 154 Å². The molecule has 2 aromatic carbocycles. The van der Waals surface area contributed by atoms with E-state index in [1.165, 1.54) is 0 Å². The monoisotopic (exact) mass is 355 g/mol. The molecule has 1 amide bonds. The molecule has 0 spiro atoms. The molecule has 5 nitrogen and oxygen atoms in total. The van der Waals surface area contributed by atoms with Crippen molar-refractivity contribution in [1.82, 2.24) is 5.32 Å². The number of quaternary nitrogens is 1. The van der Waals surface area contributed by atoms with E-state index < -0.39 is 0 Å². The maximum absolute atomic E-state index is 12.0. The lowest BCUT2D eigenvalue weighted by atomic mass is 10.1. The minimum atomic E-state index is -0.00231. The van der Waals surface area contributed by atoms with Crippen LogP contribution in [0.3, 0.4) is 0 Å². The van der Waals surface area contributed by atoms with E-state index in [1.54, 1.807) is 7.11 Å². The Hall–Kier alpha value is -2.53. The van der Waals surface area contributed by atoms with Crippen LogP contribution in [0.5, 0.6) is 11.5 Å². The molecule has 0 unspecified atom stereocenters. The summed E-state index contributed by atoms with van der Waals surface area (Å²) in [7, 11) is 1.65. The van der Waals surface area contributed by atoms with Crippen molar-refractivity contribution in [2.24, 2.45) is 0 Å². The Morgan fingerprint density at radius 3 is 2.73 bits per heavy atom. The van der Waals surface area contributed by atoms with Gasteiger partial charge in [-0.15, -0.1) is 0 Å². The van der Waals surface area contributed by atoms with Gasteiger partial charge in [0.2, 0.25) is 0 Å². The van der Waals surface area contributed by atoms with E-state index in [2.05, 4.69) is 10.6 Å². The molecule has 1 atom stereocenters. The molecule has 0 aliphatic carbocycles. The molecule has 0 aromatic heterocycles. The lowest BCUT2D eigenvalue weighted by Crippen LogP contribution is -2.91. The minimum absolute atomic E-state index is 0.00231. The highest BCUT2D eigenvalue weighted by Crippen LogP contribution is 2.28. The predicted octanol–water partition coefficient (Wildman–Crippen LogP) is 2.01. The zero-order valence-electron chi connectivity index (χ0n) is 15.2. The summed E-state index contributed by atoms with van der Waals surface area (Å²) in [6.45, 7) is 2.04. The largest absolute Gasteiger partial charge is 0.493 e. The van der Waals surface area contributed by atoms with Crippen molar-refractivity contribution in [1.29, 1.82) is 0 Å². The van der Waals surface area contributed by atoms with Gasteiger partial charge in [-0.2, -0.15) is 0 Å².